The molecule has 4 unspecified atom stereocenters. The maximum absolute atomic E-state index is 13.0. The lowest BCUT2D eigenvalue weighted by Crippen LogP contribution is -2.58. The molecule has 13 nitrogen and oxygen atoms in total. The van der Waals surface area contributed by atoms with E-state index in [2.05, 4.69) is 16.0 Å². The third kappa shape index (κ3) is 10.7. The lowest BCUT2D eigenvalue weighted by atomic mass is 10.0. The van der Waals surface area contributed by atoms with Crippen molar-refractivity contribution in [3.63, 3.8) is 0 Å². The van der Waals surface area contributed by atoms with E-state index in [0.29, 0.717) is 5.56 Å². The first-order valence-electron chi connectivity index (χ1n) is 11.4. The zero-order valence-electron chi connectivity index (χ0n) is 20.3. The second-order valence-corrected chi connectivity index (χ2v) is 8.82. The fourth-order valence-corrected chi connectivity index (χ4v) is 3.25. The van der Waals surface area contributed by atoms with Gasteiger partial charge in [0.05, 0.1) is 12.6 Å². The summed E-state index contributed by atoms with van der Waals surface area (Å²) in [7, 11) is 0. The number of aromatic hydroxyl groups is 1. The summed E-state index contributed by atoms with van der Waals surface area (Å²) in [6.45, 7) is 2.75. The number of carboxylic acid groups (broad SMARTS) is 1. The van der Waals surface area contributed by atoms with Crippen molar-refractivity contribution in [2.24, 2.45) is 17.4 Å². The molecule has 0 saturated heterocycles. The first-order valence-corrected chi connectivity index (χ1v) is 11.4. The molecule has 0 fully saturated rings. The van der Waals surface area contributed by atoms with Crippen LogP contribution in [-0.2, 0) is 30.4 Å². The van der Waals surface area contributed by atoms with Crippen molar-refractivity contribution in [2.75, 3.05) is 6.61 Å². The minimum Gasteiger partial charge on any atom is -0.508 e. The molecule has 1 aromatic carbocycles. The topological polar surface area (TPSA) is 234 Å². The van der Waals surface area contributed by atoms with E-state index in [-0.39, 0.29) is 37.4 Å². The Hall–Kier alpha value is -3.71. The van der Waals surface area contributed by atoms with E-state index in [0.717, 1.165) is 0 Å². The Labute approximate surface area is 208 Å². The molecule has 13 heteroatoms. The number of carbonyl (C=O) groups excluding carboxylic acids is 4. The maximum Gasteiger partial charge on any atom is 0.328 e. The van der Waals surface area contributed by atoms with E-state index in [1.165, 1.54) is 12.1 Å². The number of carbonyl (C=O) groups is 5. The summed E-state index contributed by atoms with van der Waals surface area (Å²) in [4.78, 5) is 60.7. The van der Waals surface area contributed by atoms with Crippen LogP contribution in [0, 0.1) is 5.92 Å². The summed E-state index contributed by atoms with van der Waals surface area (Å²) >= 11 is 0. The van der Waals surface area contributed by atoms with E-state index in [9.17, 15) is 29.1 Å². The first-order chi connectivity index (χ1) is 16.8. The average molecular weight is 510 g/mol. The summed E-state index contributed by atoms with van der Waals surface area (Å²) in [5.41, 5.74) is 11.8. The predicted molar refractivity (Wildman–Crippen MR) is 128 cm³/mol. The first kappa shape index (κ1) is 30.3. The molecule has 4 atom stereocenters. The van der Waals surface area contributed by atoms with Crippen LogP contribution in [0.15, 0.2) is 24.3 Å². The number of primary amides is 1. The number of aliphatic hydroxyl groups excluding tert-OH is 1. The number of nitrogens with two attached hydrogens (primary N) is 2. The summed E-state index contributed by atoms with van der Waals surface area (Å²) < 4.78 is 0. The van der Waals surface area contributed by atoms with Crippen molar-refractivity contribution in [3.05, 3.63) is 29.8 Å². The smallest absolute Gasteiger partial charge is 0.328 e. The number of amides is 4. The molecule has 1 rings (SSSR count). The Morgan fingerprint density at radius 2 is 1.42 bits per heavy atom. The number of hydrogen-bond donors (Lipinski definition) is 8. The molecular formula is C23H35N5O8. The van der Waals surface area contributed by atoms with Crippen LogP contribution in [0.3, 0.4) is 0 Å². The van der Waals surface area contributed by atoms with Gasteiger partial charge in [0.25, 0.3) is 0 Å². The SMILES string of the molecule is CC(C)CC(NC(=O)C(N)Cc1ccc(O)cc1)C(=O)NC(CCC(N)=O)C(=O)NC(CO)C(=O)O. The number of phenols is 1. The highest BCUT2D eigenvalue weighted by Gasteiger charge is 2.30. The predicted octanol–water partition coefficient (Wildman–Crippen LogP) is -1.90. The van der Waals surface area contributed by atoms with Gasteiger partial charge in [-0.25, -0.2) is 4.79 Å². The van der Waals surface area contributed by atoms with Crippen LogP contribution < -0.4 is 27.4 Å². The molecule has 4 amide bonds. The van der Waals surface area contributed by atoms with E-state index in [1.807, 2.05) is 13.8 Å². The molecule has 0 aliphatic heterocycles. The lowest BCUT2D eigenvalue weighted by molar-refractivity contribution is -0.143. The van der Waals surface area contributed by atoms with Crippen LogP contribution in [-0.4, -0.2) is 75.7 Å². The van der Waals surface area contributed by atoms with E-state index >= 15 is 0 Å². The van der Waals surface area contributed by atoms with Crippen LogP contribution in [0.4, 0.5) is 0 Å². The van der Waals surface area contributed by atoms with Crippen LogP contribution in [0.5, 0.6) is 5.75 Å². The van der Waals surface area contributed by atoms with Gasteiger partial charge in [0.1, 0.15) is 23.9 Å². The van der Waals surface area contributed by atoms with Crippen LogP contribution in [0.2, 0.25) is 0 Å². The maximum atomic E-state index is 13.0. The van der Waals surface area contributed by atoms with Gasteiger partial charge in [0.15, 0.2) is 0 Å². The summed E-state index contributed by atoms with van der Waals surface area (Å²) in [6, 6.07) is 1.08. The number of phenolic OH excluding ortho intramolecular Hbond substituents is 1. The zero-order valence-corrected chi connectivity index (χ0v) is 20.3. The van der Waals surface area contributed by atoms with Gasteiger partial charge >= 0.3 is 5.97 Å². The van der Waals surface area contributed by atoms with Crippen molar-refractivity contribution in [3.8, 4) is 5.75 Å². The molecule has 200 valence electrons. The average Bonchev–Trinajstić information content (AvgIpc) is 2.80. The number of aliphatic hydroxyl groups is 1. The minimum absolute atomic E-state index is 0.0435. The fourth-order valence-electron chi connectivity index (χ4n) is 3.25. The van der Waals surface area contributed by atoms with Gasteiger partial charge in [0, 0.05) is 6.42 Å². The largest absolute Gasteiger partial charge is 0.508 e. The van der Waals surface area contributed by atoms with Gasteiger partial charge in [-0.1, -0.05) is 26.0 Å². The van der Waals surface area contributed by atoms with E-state index < -0.39 is 60.4 Å². The van der Waals surface area contributed by atoms with Crippen LogP contribution in [0.1, 0.15) is 38.7 Å². The van der Waals surface area contributed by atoms with Gasteiger partial charge < -0.3 is 42.7 Å². The molecule has 0 aromatic heterocycles. The third-order valence-corrected chi connectivity index (χ3v) is 5.18. The van der Waals surface area contributed by atoms with Crippen LogP contribution >= 0.6 is 0 Å². The zero-order chi connectivity index (χ0) is 27.4. The van der Waals surface area contributed by atoms with Crippen LogP contribution in [0.25, 0.3) is 0 Å². The minimum atomic E-state index is -1.62. The van der Waals surface area contributed by atoms with Gasteiger partial charge in [0.2, 0.25) is 23.6 Å². The van der Waals surface area contributed by atoms with Gasteiger partial charge in [-0.05, 0) is 42.9 Å². The number of nitrogens with one attached hydrogen (secondary N) is 3. The van der Waals surface area contributed by atoms with Crippen molar-refractivity contribution >= 4 is 29.6 Å². The summed E-state index contributed by atoms with van der Waals surface area (Å²) in [5, 5.41) is 34.7. The molecule has 0 radical (unpaired) electrons. The lowest BCUT2D eigenvalue weighted by Gasteiger charge is -2.25. The van der Waals surface area contributed by atoms with Crippen molar-refractivity contribution in [1.82, 2.24) is 16.0 Å². The Morgan fingerprint density at radius 3 is 1.92 bits per heavy atom. The number of carboxylic acids is 1. The highest BCUT2D eigenvalue weighted by Crippen LogP contribution is 2.12. The number of hydrogen-bond acceptors (Lipinski definition) is 8. The highest BCUT2D eigenvalue weighted by atomic mass is 16.4. The molecular weight excluding hydrogens is 474 g/mol. The molecule has 36 heavy (non-hydrogen) atoms. The Bertz CT molecular complexity index is 922. The molecule has 0 aliphatic rings. The quantitative estimate of drug-likeness (QED) is 0.132. The normalized spacial score (nSPS) is 14.2. The standard InChI is InChI=1S/C23H35N5O8/c1-12(2)9-17(27-20(32)15(24)10-13-3-5-14(30)6-4-13)22(34)26-16(7-8-19(25)31)21(33)28-18(11-29)23(35)36/h3-6,12,15-18,29-30H,7-11,24H2,1-2H3,(H2,25,31)(H,26,34)(H,27,32)(H,28,33)(H,35,36). The molecule has 0 heterocycles. The van der Waals surface area contributed by atoms with Gasteiger partial charge in [-0.15, -0.1) is 0 Å². The van der Waals surface area contributed by atoms with Crippen molar-refractivity contribution < 1.29 is 39.3 Å². The summed E-state index contributed by atoms with van der Waals surface area (Å²) in [5.74, 6) is -4.51. The number of aliphatic carboxylic acids is 1. The second kappa shape index (κ2) is 14.6. The molecule has 10 N–H and O–H groups in total. The molecule has 1 aromatic rings. The third-order valence-electron chi connectivity index (χ3n) is 5.18. The molecule has 0 spiro atoms. The van der Waals surface area contributed by atoms with Crippen molar-refractivity contribution in [1.29, 1.82) is 0 Å². The van der Waals surface area contributed by atoms with Gasteiger partial charge in [-0.2, -0.15) is 0 Å². The monoisotopic (exact) mass is 509 g/mol. The molecule has 0 saturated carbocycles. The second-order valence-electron chi connectivity index (χ2n) is 8.82. The molecule has 0 bridgehead atoms. The van der Waals surface area contributed by atoms with E-state index in [1.54, 1.807) is 12.1 Å². The van der Waals surface area contributed by atoms with Gasteiger partial charge in [-0.3, -0.25) is 19.2 Å². The number of rotatable bonds is 15. The van der Waals surface area contributed by atoms with E-state index in [4.69, 9.17) is 21.7 Å². The Kier molecular flexibility index (Phi) is 12.3. The Morgan fingerprint density at radius 1 is 0.889 bits per heavy atom. The fraction of sp³-hybridized carbons (Fsp3) is 0.522. The number of benzene rings is 1. The summed E-state index contributed by atoms with van der Waals surface area (Å²) in [6.07, 6.45) is -0.174. The Balaban J connectivity index is 2.96. The highest BCUT2D eigenvalue weighted by molar-refractivity contribution is 5.94. The van der Waals surface area contributed by atoms with Crippen molar-refractivity contribution in [2.45, 2.75) is 63.7 Å². The molecule has 0 aliphatic carbocycles.